The second-order valence-electron chi connectivity index (χ2n) is 26.8. The Kier molecular flexibility index (Phi) is 15.6. The van der Waals surface area contributed by atoms with E-state index in [2.05, 4.69) is 243 Å². The number of nitrogens with zero attached hydrogens (tertiary/aromatic N) is 8. The minimum absolute atomic E-state index is 0.601. The highest BCUT2D eigenvalue weighted by molar-refractivity contribution is 6.29. The van der Waals surface area contributed by atoms with E-state index in [1.54, 1.807) is 0 Å². The topological polar surface area (TPSA) is 129 Å². The van der Waals surface area contributed by atoms with Crippen LogP contribution in [0.4, 0.5) is 0 Å². The summed E-state index contributed by atoms with van der Waals surface area (Å²) >= 11 is 0. The number of hydrogen-bond donors (Lipinski definition) is 0. The lowest BCUT2D eigenvalue weighted by Crippen LogP contribution is -2.00. The smallest absolute Gasteiger partial charge is 0.164 e. The van der Waals surface area contributed by atoms with Crippen LogP contribution in [0.5, 0.6) is 0 Å². The van der Waals surface area contributed by atoms with Gasteiger partial charge in [-0.05, 0) is 58.7 Å². The summed E-state index contributed by atoms with van der Waals surface area (Å²) in [5.74, 6) is 3.72. The first-order valence-electron chi connectivity index (χ1n) is 36.0. The van der Waals surface area contributed by atoms with Crippen molar-refractivity contribution in [1.82, 2.24) is 39.9 Å². The first kappa shape index (κ1) is 63.0. The number of furan rings is 2. The van der Waals surface area contributed by atoms with Gasteiger partial charge in [-0.15, -0.1) is 0 Å². The van der Waals surface area contributed by atoms with Crippen LogP contribution in [0, 0.1) is 0 Å². The van der Waals surface area contributed by atoms with Gasteiger partial charge in [-0.25, -0.2) is 39.9 Å². The molecule has 0 spiro atoms. The number of fused-ring (bicyclic) bond motifs is 12. The van der Waals surface area contributed by atoms with Gasteiger partial charge in [0.15, 0.2) is 34.9 Å². The Morgan fingerprint density at radius 3 is 0.731 bits per heavy atom. The van der Waals surface area contributed by atoms with E-state index < -0.39 is 0 Å². The van der Waals surface area contributed by atoms with Crippen LogP contribution in [0.1, 0.15) is 0 Å². The maximum atomic E-state index is 6.58. The predicted octanol–water partition coefficient (Wildman–Crippen LogP) is 25.3. The number of aromatic nitrogens is 8. The maximum Gasteiger partial charge on any atom is 0.164 e. The van der Waals surface area contributed by atoms with E-state index in [9.17, 15) is 0 Å². The molecule has 0 atom stereocenters. The lowest BCUT2D eigenvalue weighted by atomic mass is 9.89. The van der Waals surface area contributed by atoms with Gasteiger partial charge in [0.1, 0.15) is 22.3 Å². The van der Waals surface area contributed by atoms with E-state index in [0.29, 0.717) is 34.9 Å². The van der Waals surface area contributed by atoms with Gasteiger partial charge < -0.3 is 8.83 Å². The van der Waals surface area contributed by atoms with Crippen molar-refractivity contribution in [2.24, 2.45) is 0 Å². The third kappa shape index (κ3) is 11.4. The van der Waals surface area contributed by atoms with Crippen molar-refractivity contribution in [2.45, 2.75) is 0 Å². The van der Waals surface area contributed by atoms with Crippen molar-refractivity contribution in [1.29, 1.82) is 0 Å². The molecule has 21 rings (SSSR count). The Morgan fingerprint density at radius 2 is 0.398 bits per heavy atom. The van der Waals surface area contributed by atoms with Crippen LogP contribution in [0.25, 0.3) is 211 Å². The molecule has 504 valence electrons. The summed E-state index contributed by atoms with van der Waals surface area (Å²) in [4.78, 5) is 40.4. The summed E-state index contributed by atoms with van der Waals surface area (Å²) in [7, 11) is 0. The van der Waals surface area contributed by atoms with Crippen LogP contribution in [-0.2, 0) is 0 Å². The standard InChI is InChI=1S/C52H32N4O.C46H28N4O/c1-4-14-33(15-5-1)34-24-28-38(29-25-34)51-54-50(37-18-8-3-9-19-37)55-52(56-51)39-30-26-36(27-31-39)49-42-32-45-48(41-21-11-13-23-44(41)57-45)46(35-16-6-2-7-17-35)47(42)40-20-10-12-22-43(40)53-49;1-4-14-29(15-5-1)40-41-34-20-10-12-22-37(34)47-43(36(41)28-39-42(40)35-21-11-13-23-38(35)51-39)30-24-26-33(27-25-30)46-49-44(31-16-6-2-7-17-31)48-45(50-46)32-18-8-3-9-19-32/h1-32H;1-28H. The quantitative estimate of drug-likeness (QED) is 0.115. The maximum absolute atomic E-state index is 6.58. The van der Waals surface area contributed by atoms with Crippen LogP contribution >= 0.6 is 0 Å². The van der Waals surface area contributed by atoms with Crippen LogP contribution in [0.15, 0.2) is 373 Å². The van der Waals surface area contributed by atoms with Gasteiger partial charge in [0, 0.05) is 109 Å². The van der Waals surface area contributed by atoms with Crippen LogP contribution in [-0.4, -0.2) is 39.9 Å². The molecule has 6 heterocycles. The average Bonchev–Trinajstić information content (AvgIpc) is 1.43. The fourth-order valence-electron chi connectivity index (χ4n) is 15.1. The minimum atomic E-state index is 0.601. The molecular formula is C98H60N8O2. The fraction of sp³-hybridized carbons (Fsp3) is 0. The molecule has 0 fully saturated rings. The Balaban J connectivity index is 0.000000143. The van der Waals surface area contributed by atoms with E-state index in [4.69, 9.17) is 48.7 Å². The molecule has 0 bridgehead atoms. The molecule has 21 aromatic rings. The number of rotatable bonds is 11. The Labute approximate surface area is 620 Å². The third-order valence-electron chi connectivity index (χ3n) is 20.2. The number of hydrogen-bond acceptors (Lipinski definition) is 10. The van der Waals surface area contributed by atoms with Crippen molar-refractivity contribution >= 4 is 87.2 Å². The predicted molar refractivity (Wildman–Crippen MR) is 440 cm³/mol. The largest absolute Gasteiger partial charge is 0.456 e. The van der Waals surface area contributed by atoms with Crippen molar-refractivity contribution < 1.29 is 8.83 Å². The zero-order valence-electron chi connectivity index (χ0n) is 58.0. The van der Waals surface area contributed by atoms with E-state index in [-0.39, 0.29) is 0 Å². The number of pyridine rings is 2. The van der Waals surface area contributed by atoms with Crippen molar-refractivity contribution in [3.8, 4) is 124 Å². The minimum Gasteiger partial charge on any atom is -0.456 e. The molecule has 0 saturated heterocycles. The molecule has 0 saturated carbocycles. The van der Waals surface area contributed by atoms with Crippen LogP contribution in [0.3, 0.4) is 0 Å². The number of para-hydroxylation sites is 4. The summed E-state index contributed by atoms with van der Waals surface area (Å²) in [6, 6.07) is 125. The summed E-state index contributed by atoms with van der Waals surface area (Å²) < 4.78 is 13.1. The fourth-order valence-corrected chi connectivity index (χ4v) is 15.1. The second-order valence-corrected chi connectivity index (χ2v) is 26.8. The molecule has 0 aliphatic heterocycles. The van der Waals surface area contributed by atoms with E-state index >= 15 is 0 Å². The lowest BCUT2D eigenvalue weighted by Gasteiger charge is -2.16. The molecule has 6 aromatic heterocycles. The molecule has 0 unspecified atom stereocenters. The van der Waals surface area contributed by atoms with Gasteiger partial charge in [-0.2, -0.15) is 0 Å². The highest BCUT2D eigenvalue weighted by Crippen LogP contribution is 2.49. The van der Waals surface area contributed by atoms with Crippen LogP contribution in [0.2, 0.25) is 0 Å². The first-order valence-corrected chi connectivity index (χ1v) is 36.0. The van der Waals surface area contributed by atoms with E-state index in [1.807, 2.05) is 121 Å². The second kappa shape index (κ2) is 26.8. The summed E-state index contributed by atoms with van der Waals surface area (Å²) in [5, 5.41) is 11.0. The van der Waals surface area contributed by atoms with E-state index in [1.165, 1.54) is 0 Å². The third-order valence-corrected chi connectivity index (χ3v) is 20.2. The molecule has 0 amide bonds. The molecule has 0 aliphatic rings. The average molecular weight is 1380 g/mol. The first-order chi connectivity index (χ1) is 53.5. The number of benzene rings is 15. The zero-order valence-corrected chi connectivity index (χ0v) is 58.0. The van der Waals surface area contributed by atoms with Gasteiger partial charge in [0.25, 0.3) is 0 Å². The Hall–Kier alpha value is -14.7. The van der Waals surface area contributed by atoms with Gasteiger partial charge in [0.2, 0.25) is 0 Å². The molecule has 0 radical (unpaired) electrons. The summed E-state index contributed by atoms with van der Waals surface area (Å²) in [6.45, 7) is 0. The molecule has 10 nitrogen and oxygen atoms in total. The molecule has 0 aliphatic carbocycles. The Bertz CT molecular complexity index is 6930. The van der Waals surface area contributed by atoms with E-state index in [0.717, 1.165) is 177 Å². The Morgan fingerprint density at radius 1 is 0.157 bits per heavy atom. The van der Waals surface area contributed by atoms with Crippen molar-refractivity contribution in [3.05, 3.63) is 364 Å². The highest BCUT2D eigenvalue weighted by atomic mass is 16.3. The van der Waals surface area contributed by atoms with Crippen molar-refractivity contribution in [2.75, 3.05) is 0 Å². The molecule has 108 heavy (non-hydrogen) atoms. The van der Waals surface area contributed by atoms with Gasteiger partial charge in [0.05, 0.1) is 22.4 Å². The highest BCUT2D eigenvalue weighted by Gasteiger charge is 2.25. The van der Waals surface area contributed by atoms with Crippen LogP contribution < -0.4 is 0 Å². The van der Waals surface area contributed by atoms with Gasteiger partial charge >= 0.3 is 0 Å². The van der Waals surface area contributed by atoms with Gasteiger partial charge in [-0.3, -0.25) is 0 Å². The summed E-state index contributed by atoms with van der Waals surface area (Å²) in [5.41, 5.74) is 21.4. The lowest BCUT2D eigenvalue weighted by molar-refractivity contribution is 0.669. The SMILES string of the molecule is c1ccc(-c2ccc(-c3nc(-c4ccccc4)nc(-c4ccc(-c5nc6ccccc6c6c(-c7ccccc7)c7c(cc56)oc5ccccc57)cc4)n3)cc2)cc1.c1ccc(-c2nc(-c3ccccc3)nc(-c3ccc(-c4nc5ccccc5c5c(-c6ccccc6)c6c(cc45)oc4ccccc46)cc3)n2)cc1. The van der Waals surface area contributed by atoms with Gasteiger partial charge in [-0.1, -0.05) is 328 Å². The molecule has 10 heteroatoms. The van der Waals surface area contributed by atoms with Crippen molar-refractivity contribution in [3.63, 3.8) is 0 Å². The molecular weight excluding hydrogens is 1320 g/mol. The summed E-state index contributed by atoms with van der Waals surface area (Å²) in [6.07, 6.45) is 0. The normalized spacial score (nSPS) is 11.5. The molecule has 15 aromatic carbocycles. The molecule has 0 N–H and O–H groups in total. The zero-order chi connectivity index (χ0) is 71.4. The monoisotopic (exact) mass is 1380 g/mol.